The Bertz CT molecular complexity index is 477. The number of ether oxygens (including phenoxy) is 1. The molecule has 0 unspecified atom stereocenters. The number of hydrogen-bond acceptors (Lipinski definition) is 6. The van der Waals surface area contributed by atoms with Crippen LogP contribution in [0.15, 0.2) is 0 Å². The van der Waals surface area contributed by atoms with Crippen LogP contribution in [0.4, 0.5) is 5.95 Å². The van der Waals surface area contributed by atoms with Crippen molar-refractivity contribution in [1.82, 2.24) is 19.9 Å². The minimum atomic E-state index is -0.0625. The molecule has 0 spiro atoms. The Labute approximate surface area is 122 Å². The molecule has 1 N–H and O–H groups in total. The monoisotopic (exact) mass is 299 g/mol. The quantitative estimate of drug-likeness (QED) is 0.884. The molecule has 1 aliphatic rings. The van der Waals surface area contributed by atoms with Gasteiger partial charge in [-0.3, -0.25) is 4.79 Å². The molecule has 8 heteroatoms. The number of likely N-dealkylation sites (tertiary alicyclic amines) is 1. The van der Waals surface area contributed by atoms with Gasteiger partial charge in [0, 0.05) is 13.1 Å². The maximum Gasteiger partial charge on any atom is 0.322 e. The summed E-state index contributed by atoms with van der Waals surface area (Å²) in [4.78, 5) is 25.6. The number of anilines is 1. The lowest BCUT2D eigenvalue weighted by atomic mass is 10.4. The fraction of sp³-hybridized carbons (Fsp3) is 0.667. The van der Waals surface area contributed by atoms with E-state index in [0.29, 0.717) is 0 Å². The third-order valence-corrected chi connectivity index (χ3v) is 2.95. The molecule has 0 atom stereocenters. The predicted octanol–water partition coefficient (Wildman–Crippen LogP) is 1.35. The van der Waals surface area contributed by atoms with Crippen molar-refractivity contribution in [3.63, 3.8) is 0 Å². The number of nitrogens with zero attached hydrogens (tertiary/aromatic N) is 4. The van der Waals surface area contributed by atoms with Crippen LogP contribution in [0.1, 0.15) is 26.7 Å². The summed E-state index contributed by atoms with van der Waals surface area (Å²) in [6.45, 7) is 5.51. The highest BCUT2D eigenvalue weighted by Crippen LogP contribution is 2.13. The van der Waals surface area contributed by atoms with Crippen molar-refractivity contribution in [3.8, 4) is 6.01 Å². The molecular formula is C12H18ClN5O2. The van der Waals surface area contributed by atoms with E-state index >= 15 is 0 Å². The van der Waals surface area contributed by atoms with Gasteiger partial charge in [0.2, 0.25) is 17.1 Å². The van der Waals surface area contributed by atoms with Gasteiger partial charge in [0.15, 0.2) is 0 Å². The molecule has 2 heterocycles. The minimum Gasteiger partial charge on any atom is -0.461 e. The molecule has 1 amide bonds. The van der Waals surface area contributed by atoms with Gasteiger partial charge in [0.1, 0.15) is 0 Å². The van der Waals surface area contributed by atoms with Crippen molar-refractivity contribution in [2.75, 3.05) is 25.0 Å². The number of nitrogens with one attached hydrogen (secondary N) is 1. The van der Waals surface area contributed by atoms with Gasteiger partial charge in [-0.25, -0.2) is 0 Å². The molecule has 1 fully saturated rings. The van der Waals surface area contributed by atoms with E-state index in [4.69, 9.17) is 16.3 Å². The van der Waals surface area contributed by atoms with E-state index in [-0.39, 0.29) is 35.8 Å². The average Bonchev–Trinajstić information content (AvgIpc) is 2.88. The third-order valence-electron chi connectivity index (χ3n) is 2.79. The zero-order valence-corrected chi connectivity index (χ0v) is 12.4. The molecule has 1 aliphatic heterocycles. The summed E-state index contributed by atoms with van der Waals surface area (Å²) in [5.41, 5.74) is 0. The van der Waals surface area contributed by atoms with Gasteiger partial charge < -0.3 is 15.0 Å². The van der Waals surface area contributed by atoms with Gasteiger partial charge in [-0.05, 0) is 38.3 Å². The van der Waals surface area contributed by atoms with Crippen LogP contribution < -0.4 is 10.1 Å². The minimum absolute atomic E-state index is 0.0327. The molecule has 1 aromatic rings. The van der Waals surface area contributed by atoms with E-state index < -0.39 is 0 Å². The first kappa shape index (κ1) is 14.8. The summed E-state index contributed by atoms with van der Waals surface area (Å²) < 4.78 is 5.36. The second-order valence-corrected chi connectivity index (χ2v) is 5.16. The largest absolute Gasteiger partial charge is 0.461 e. The first-order chi connectivity index (χ1) is 9.54. The SMILES string of the molecule is CC(C)Oc1nc(Cl)nc(NCC(=O)N2CCCC2)n1. The van der Waals surface area contributed by atoms with Crippen LogP contribution in [0, 0.1) is 0 Å². The first-order valence-corrected chi connectivity index (χ1v) is 7.02. The molecule has 1 saturated heterocycles. The molecule has 0 aromatic carbocycles. The van der Waals surface area contributed by atoms with Crippen LogP contribution in [-0.2, 0) is 4.79 Å². The van der Waals surface area contributed by atoms with Crippen molar-refractivity contribution >= 4 is 23.5 Å². The van der Waals surface area contributed by atoms with E-state index in [0.717, 1.165) is 25.9 Å². The van der Waals surface area contributed by atoms with Crippen LogP contribution >= 0.6 is 11.6 Å². The van der Waals surface area contributed by atoms with Crippen molar-refractivity contribution in [2.24, 2.45) is 0 Å². The molecule has 7 nitrogen and oxygen atoms in total. The fourth-order valence-electron chi connectivity index (χ4n) is 1.91. The van der Waals surface area contributed by atoms with Gasteiger partial charge in [-0.1, -0.05) is 0 Å². The highest BCUT2D eigenvalue weighted by molar-refractivity contribution is 6.28. The summed E-state index contributed by atoms with van der Waals surface area (Å²) in [5, 5.41) is 2.89. The highest BCUT2D eigenvalue weighted by Gasteiger charge is 2.18. The number of carbonyl (C=O) groups is 1. The Hall–Kier alpha value is -1.63. The molecule has 0 saturated carbocycles. The standard InChI is InChI=1S/C12H18ClN5O2/c1-8(2)20-12-16-10(13)15-11(17-12)14-7-9(19)18-5-3-4-6-18/h8H,3-7H2,1-2H3,(H,14,15,16,17). The van der Waals surface area contributed by atoms with E-state index in [9.17, 15) is 4.79 Å². The summed E-state index contributed by atoms with van der Waals surface area (Å²) >= 11 is 5.80. The van der Waals surface area contributed by atoms with Crippen LogP contribution in [0.2, 0.25) is 5.28 Å². The van der Waals surface area contributed by atoms with E-state index in [1.54, 1.807) is 0 Å². The molecule has 0 bridgehead atoms. The number of hydrogen-bond donors (Lipinski definition) is 1. The second kappa shape index (κ2) is 6.69. The Balaban J connectivity index is 1.94. The molecule has 1 aromatic heterocycles. The zero-order chi connectivity index (χ0) is 14.5. The van der Waals surface area contributed by atoms with Gasteiger partial charge in [-0.15, -0.1) is 0 Å². The normalized spacial score (nSPS) is 14.7. The molecular weight excluding hydrogens is 282 g/mol. The molecule has 110 valence electrons. The second-order valence-electron chi connectivity index (χ2n) is 4.82. The number of halogens is 1. The number of aromatic nitrogens is 3. The van der Waals surface area contributed by atoms with E-state index in [1.807, 2.05) is 18.7 Å². The zero-order valence-electron chi connectivity index (χ0n) is 11.6. The number of rotatable bonds is 5. The Kier molecular flexibility index (Phi) is 4.94. The van der Waals surface area contributed by atoms with Gasteiger partial charge in [0.25, 0.3) is 0 Å². The van der Waals surface area contributed by atoms with Gasteiger partial charge >= 0.3 is 6.01 Å². The van der Waals surface area contributed by atoms with Crippen molar-refractivity contribution in [1.29, 1.82) is 0 Å². The van der Waals surface area contributed by atoms with Crippen molar-refractivity contribution < 1.29 is 9.53 Å². The summed E-state index contributed by atoms with van der Waals surface area (Å²) in [6, 6.07) is 0.149. The lowest BCUT2D eigenvalue weighted by molar-refractivity contribution is -0.128. The molecule has 20 heavy (non-hydrogen) atoms. The lowest BCUT2D eigenvalue weighted by Gasteiger charge is -2.15. The fourth-order valence-corrected chi connectivity index (χ4v) is 2.06. The predicted molar refractivity (Wildman–Crippen MR) is 74.9 cm³/mol. The highest BCUT2D eigenvalue weighted by atomic mass is 35.5. The van der Waals surface area contributed by atoms with Gasteiger partial charge in [0.05, 0.1) is 12.6 Å². The van der Waals surface area contributed by atoms with Crippen LogP contribution in [0.3, 0.4) is 0 Å². The van der Waals surface area contributed by atoms with E-state index in [1.165, 1.54) is 0 Å². The smallest absolute Gasteiger partial charge is 0.322 e. The van der Waals surface area contributed by atoms with Crippen LogP contribution in [-0.4, -0.2) is 51.5 Å². The molecule has 2 rings (SSSR count). The summed E-state index contributed by atoms with van der Waals surface area (Å²) in [5.74, 6) is 0.276. The maximum atomic E-state index is 11.9. The Morgan fingerprint density at radius 3 is 2.70 bits per heavy atom. The molecule has 0 aliphatic carbocycles. The van der Waals surface area contributed by atoms with Crippen LogP contribution in [0.25, 0.3) is 0 Å². The van der Waals surface area contributed by atoms with Gasteiger partial charge in [-0.2, -0.15) is 15.0 Å². The lowest BCUT2D eigenvalue weighted by Crippen LogP contribution is -2.33. The number of amides is 1. The van der Waals surface area contributed by atoms with Crippen LogP contribution in [0.5, 0.6) is 6.01 Å². The first-order valence-electron chi connectivity index (χ1n) is 6.64. The number of carbonyl (C=O) groups excluding carboxylic acids is 1. The summed E-state index contributed by atoms with van der Waals surface area (Å²) in [6.07, 6.45) is 2.07. The molecule has 0 radical (unpaired) electrons. The Morgan fingerprint density at radius 1 is 1.35 bits per heavy atom. The van der Waals surface area contributed by atoms with Crippen molar-refractivity contribution in [2.45, 2.75) is 32.8 Å². The van der Waals surface area contributed by atoms with Crippen molar-refractivity contribution in [3.05, 3.63) is 5.28 Å². The maximum absolute atomic E-state index is 11.9. The van der Waals surface area contributed by atoms with E-state index in [2.05, 4.69) is 20.3 Å². The summed E-state index contributed by atoms with van der Waals surface area (Å²) in [7, 11) is 0. The third kappa shape index (κ3) is 4.19. The topological polar surface area (TPSA) is 80.2 Å². The Morgan fingerprint density at radius 2 is 2.05 bits per heavy atom. The average molecular weight is 300 g/mol.